The molecule has 41 heavy (non-hydrogen) atoms. The monoisotopic (exact) mass is 586 g/mol. The van der Waals surface area contributed by atoms with Crippen LogP contribution in [0.3, 0.4) is 0 Å². The van der Waals surface area contributed by atoms with E-state index in [4.69, 9.17) is 16.3 Å². The molecule has 2 aromatic rings. The van der Waals surface area contributed by atoms with E-state index in [1.165, 1.54) is 5.32 Å². The summed E-state index contributed by atoms with van der Waals surface area (Å²) in [7, 11) is 3.77. The lowest BCUT2D eigenvalue weighted by Gasteiger charge is -2.25. The number of nitrogens with zero attached hydrogens (tertiary/aromatic N) is 1. The Labute approximate surface area is 249 Å². The van der Waals surface area contributed by atoms with Crippen LogP contribution in [0.4, 0.5) is 5.69 Å². The van der Waals surface area contributed by atoms with Crippen molar-refractivity contribution in [1.82, 2.24) is 20.9 Å². The van der Waals surface area contributed by atoms with Crippen molar-refractivity contribution in [2.45, 2.75) is 53.5 Å². The highest BCUT2D eigenvalue weighted by atomic mass is 35.5. The van der Waals surface area contributed by atoms with Gasteiger partial charge < -0.3 is 25.6 Å². The number of hydrogen-bond acceptors (Lipinski definition) is 6. The van der Waals surface area contributed by atoms with Gasteiger partial charge in [-0.15, -0.1) is 0 Å². The number of quaternary nitrogens is 1. The summed E-state index contributed by atoms with van der Waals surface area (Å²) in [5.74, 6) is -0.520. The molecule has 9 nitrogen and oxygen atoms in total. The zero-order valence-electron chi connectivity index (χ0n) is 25.3. The van der Waals surface area contributed by atoms with E-state index in [0.717, 1.165) is 5.69 Å². The summed E-state index contributed by atoms with van der Waals surface area (Å²) in [5.41, 5.74) is 1.34. The first-order chi connectivity index (χ1) is 19.4. The SMILES string of the molecule is CCOc1ccc(Cl)cc1C(=O)NCC(C)(C)CC(=O)N/C(C(=O)[NH2+]c1ccccc1)=C(\CCN(C)C(C)C)NC. The fourth-order valence-corrected chi connectivity index (χ4v) is 4.21. The fraction of sp³-hybridized carbons (Fsp3) is 0.452. The number of primary amides is 1. The van der Waals surface area contributed by atoms with E-state index in [9.17, 15) is 14.4 Å². The van der Waals surface area contributed by atoms with Gasteiger partial charge in [0.1, 0.15) is 11.4 Å². The molecule has 0 aliphatic rings. The maximum Gasteiger partial charge on any atom is 0.365 e. The summed E-state index contributed by atoms with van der Waals surface area (Å²) < 4.78 is 5.57. The Morgan fingerprint density at radius 2 is 1.78 bits per heavy atom. The van der Waals surface area contributed by atoms with Gasteiger partial charge in [0, 0.05) is 49.7 Å². The Morgan fingerprint density at radius 3 is 2.39 bits per heavy atom. The van der Waals surface area contributed by atoms with Gasteiger partial charge in [0.15, 0.2) is 5.70 Å². The van der Waals surface area contributed by atoms with Crippen LogP contribution in [0.1, 0.15) is 57.8 Å². The van der Waals surface area contributed by atoms with Crippen molar-refractivity contribution >= 4 is 35.0 Å². The molecule has 3 amide bonds. The third-order valence-electron chi connectivity index (χ3n) is 6.66. The third kappa shape index (κ3) is 11.2. The topological polar surface area (TPSA) is 116 Å². The van der Waals surface area contributed by atoms with Crippen LogP contribution >= 0.6 is 11.6 Å². The van der Waals surface area contributed by atoms with Crippen LogP contribution in [0, 0.1) is 5.41 Å². The van der Waals surface area contributed by atoms with Crippen molar-refractivity contribution in [3.8, 4) is 5.75 Å². The quantitative estimate of drug-likeness (QED) is 0.187. The number of nitrogens with one attached hydrogen (secondary N) is 3. The van der Waals surface area contributed by atoms with Crippen molar-refractivity contribution in [3.63, 3.8) is 0 Å². The smallest absolute Gasteiger partial charge is 0.365 e. The molecule has 0 bridgehead atoms. The first-order valence-electron chi connectivity index (χ1n) is 13.9. The zero-order valence-corrected chi connectivity index (χ0v) is 26.0. The summed E-state index contributed by atoms with van der Waals surface area (Å²) in [6.45, 7) is 11.1. The number of benzene rings is 2. The maximum atomic E-state index is 13.4. The highest BCUT2D eigenvalue weighted by Crippen LogP contribution is 2.24. The van der Waals surface area contributed by atoms with Gasteiger partial charge in [-0.25, -0.2) is 10.1 Å². The Kier molecular flexibility index (Phi) is 13.3. The molecule has 0 spiro atoms. The fourth-order valence-electron chi connectivity index (χ4n) is 4.04. The van der Waals surface area contributed by atoms with E-state index in [0.29, 0.717) is 47.6 Å². The molecule has 0 saturated heterocycles. The Morgan fingerprint density at radius 1 is 1.10 bits per heavy atom. The van der Waals surface area contributed by atoms with E-state index < -0.39 is 5.41 Å². The summed E-state index contributed by atoms with van der Waals surface area (Å²) in [4.78, 5) is 41.8. The molecule has 0 atom stereocenters. The molecule has 10 heteroatoms. The summed E-state index contributed by atoms with van der Waals surface area (Å²) >= 11 is 6.11. The van der Waals surface area contributed by atoms with Gasteiger partial charge in [-0.2, -0.15) is 0 Å². The molecule has 0 radical (unpaired) electrons. The number of hydrogen-bond donors (Lipinski definition) is 4. The Balaban J connectivity index is 2.17. The molecule has 0 aliphatic carbocycles. The third-order valence-corrected chi connectivity index (χ3v) is 6.90. The minimum absolute atomic E-state index is 0.0755. The van der Waals surface area contributed by atoms with Gasteiger partial charge in [0.2, 0.25) is 5.91 Å². The number of para-hydroxylation sites is 1. The molecule has 0 heterocycles. The van der Waals surface area contributed by atoms with Crippen LogP contribution in [0.25, 0.3) is 0 Å². The highest BCUT2D eigenvalue weighted by Gasteiger charge is 2.28. The number of nitrogens with two attached hydrogens (primary N) is 1. The number of halogens is 1. The van der Waals surface area contributed by atoms with Crippen LogP contribution in [0.5, 0.6) is 5.75 Å². The lowest BCUT2D eigenvalue weighted by molar-refractivity contribution is -0.479. The van der Waals surface area contributed by atoms with Gasteiger partial charge in [-0.1, -0.05) is 43.6 Å². The zero-order chi connectivity index (χ0) is 30.6. The van der Waals surface area contributed by atoms with E-state index in [2.05, 4.69) is 34.7 Å². The van der Waals surface area contributed by atoms with Crippen LogP contribution in [-0.2, 0) is 9.59 Å². The molecule has 2 rings (SSSR count). The standard InChI is InChI=1S/C31H44ClN5O4/c1-8-41-26-15-14-22(32)18-24(26)29(39)34-20-31(4,5)19-27(38)36-28(25(33-6)16-17-37(7)21(2)3)30(40)35-23-12-10-9-11-13-23/h9-15,18,21,33H,8,16-17,19-20H2,1-7H3,(H,34,39)(H,35,40)(H,36,38)/p+1/b28-25+. The van der Waals surface area contributed by atoms with Crippen LogP contribution in [-0.4, -0.2) is 62.5 Å². The van der Waals surface area contributed by atoms with Gasteiger partial charge >= 0.3 is 5.91 Å². The van der Waals surface area contributed by atoms with Crippen molar-refractivity contribution in [3.05, 3.63) is 70.5 Å². The second kappa shape index (κ2) is 16.1. The van der Waals surface area contributed by atoms with Crippen molar-refractivity contribution < 1.29 is 24.4 Å². The molecule has 5 N–H and O–H groups in total. The van der Waals surface area contributed by atoms with Crippen LogP contribution in [0.2, 0.25) is 5.02 Å². The Bertz CT molecular complexity index is 1210. The molecule has 0 unspecified atom stereocenters. The molecular formula is C31H45ClN5O4+. The normalized spacial score (nSPS) is 12.1. The predicted molar refractivity (Wildman–Crippen MR) is 163 cm³/mol. The number of carbonyl (C=O) groups is 3. The average Bonchev–Trinajstić information content (AvgIpc) is 2.92. The number of carbonyl (C=O) groups excluding carboxylic acids is 3. The molecule has 224 valence electrons. The second-order valence-electron chi connectivity index (χ2n) is 11.0. The van der Waals surface area contributed by atoms with Gasteiger partial charge in [-0.05, 0) is 63.6 Å². The van der Waals surface area contributed by atoms with Crippen molar-refractivity contribution in [2.75, 3.05) is 33.8 Å². The largest absolute Gasteiger partial charge is 0.493 e. The van der Waals surface area contributed by atoms with Crippen molar-refractivity contribution in [2.24, 2.45) is 5.41 Å². The highest BCUT2D eigenvalue weighted by molar-refractivity contribution is 6.31. The van der Waals surface area contributed by atoms with E-state index in [1.807, 2.05) is 58.2 Å². The first kappa shape index (κ1) is 33.8. The van der Waals surface area contributed by atoms with E-state index >= 15 is 0 Å². The Hall–Kier alpha value is -3.40. The number of amides is 3. The van der Waals surface area contributed by atoms with Gasteiger partial charge in [0.25, 0.3) is 5.91 Å². The molecular weight excluding hydrogens is 542 g/mol. The van der Waals surface area contributed by atoms with Gasteiger partial charge in [0.05, 0.1) is 12.2 Å². The molecule has 0 saturated carbocycles. The lowest BCUT2D eigenvalue weighted by atomic mass is 9.88. The maximum absolute atomic E-state index is 13.4. The minimum atomic E-state index is -0.612. The minimum Gasteiger partial charge on any atom is -0.493 e. The number of ether oxygens (including phenoxy) is 1. The average molecular weight is 587 g/mol. The molecule has 0 aromatic heterocycles. The van der Waals surface area contributed by atoms with Crippen LogP contribution in [0.15, 0.2) is 59.9 Å². The molecule has 0 fully saturated rings. The van der Waals surface area contributed by atoms with Crippen molar-refractivity contribution in [1.29, 1.82) is 0 Å². The second-order valence-corrected chi connectivity index (χ2v) is 11.4. The summed E-state index contributed by atoms with van der Waals surface area (Å²) in [6, 6.07) is 14.5. The summed E-state index contributed by atoms with van der Waals surface area (Å²) in [5, 5.41) is 10.8. The van der Waals surface area contributed by atoms with Gasteiger partial charge in [-0.3, -0.25) is 9.59 Å². The van der Waals surface area contributed by atoms with E-state index in [-0.39, 0.29) is 36.4 Å². The lowest BCUT2D eigenvalue weighted by Crippen LogP contribution is -2.83. The predicted octanol–water partition coefficient (Wildman–Crippen LogP) is 3.58. The molecule has 0 aliphatic heterocycles. The van der Waals surface area contributed by atoms with Crippen LogP contribution < -0.4 is 26.0 Å². The number of rotatable bonds is 15. The van der Waals surface area contributed by atoms with E-state index in [1.54, 1.807) is 25.2 Å². The first-order valence-corrected chi connectivity index (χ1v) is 14.3. The summed E-state index contributed by atoms with van der Waals surface area (Å²) in [6.07, 6.45) is 0.628. The molecule has 2 aromatic carbocycles.